The Bertz CT molecular complexity index is 821. The Morgan fingerprint density at radius 1 is 1.22 bits per heavy atom. The van der Waals surface area contributed by atoms with E-state index < -0.39 is 5.51 Å². The lowest BCUT2D eigenvalue weighted by Crippen LogP contribution is -2.38. The van der Waals surface area contributed by atoms with Gasteiger partial charge in [0.1, 0.15) is 0 Å². The second-order valence-corrected chi connectivity index (χ2v) is 7.44. The normalized spacial score (nSPS) is 16.6. The Hall–Kier alpha value is -2.41. The van der Waals surface area contributed by atoms with Crippen molar-refractivity contribution >= 4 is 29.0 Å². The lowest BCUT2D eigenvalue weighted by Gasteiger charge is -2.36. The maximum absolute atomic E-state index is 12.5. The lowest BCUT2D eigenvalue weighted by atomic mass is 9.92. The summed E-state index contributed by atoms with van der Waals surface area (Å²) >= 11 is -0.119. The second kappa shape index (κ2) is 8.08. The van der Waals surface area contributed by atoms with Gasteiger partial charge in [0.2, 0.25) is 5.91 Å². The van der Waals surface area contributed by atoms with E-state index in [4.69, 9.17) is 0 Å². The largest absolute Gasteiger partial charge is 0.446 e. The summed E-state index contributed by atoms with van der Waals surface area (Å²) in [4.78, 5) is 13.7. The first-order valence-corrected chi connectivity index (χ1v) is 9.29. The van der Waals surface area contributed by atoms with Crippen molar-refractivity contribution in [1.29, 1.82) is 0 Å². The van der Waals surface area contributed by atoms with Gasteiger partial charge in [0.05, 0.1) is 0 Å². The van der Waals surface area contributed by atoms with Crippen LogP contribution >= 0.6 is 11.8 Å². The molecule has 1 N–H and O–H groups in total. The number of para-hydroxylation sites is 1. The number of hydrogen-bond acceptors (Lipinski definition) is 3. The Balaban J connectivity index is 1.82. The molecule has 1 amide bonds. The predicted octanol–water partition coefficient (Wildman–Crippen LogP) is 4.91. The zero-order valence-electron chi connectivity index (χ0n) is 14.5. The summed E-state index contributed by atoms with van der Waals surface area (Å²) in [7, 11) is 0. The maximum Gasteiger partial charge on any atom is 0.446 e. The minimum absolute atomic E-state index is 0.119. The molecule has 0 aromatic heterocycles. The second-order valence-electron chi connectivity index (χ2n) is 6.30. The molecule has 3 nitrogen and oxygen atoms in total. The van der Waals surface area contributed by atoms with Crippen LogP contribution in [0, 0.1) is 5.92 Å². The van der Waals surface area contributed by atoms with E-state index in [1.807, 2.05) is 24.3 Å². The number of anilines is 2. The van der Waals surface area contributed by atoms with Crippen LogP contribution in [-0.4, -0.2) is 24.5 Å². The van der Waals surface area contributed by atoms with Gasteiger partial charge in [-0.2, -0.15) is 13.2 Å². The molecule has 1 unspecified atom stereocenters. The van der Waals surface area contributed by atoms with Crippen LogP contribution in [0.5, 0.6) is 0 Å². The molecular weight excluding hydrogens is 373 g/mol. The van der Waals surface area contributed by atoms with Crippen molar-refractivity contribution < 1.29 is 18.0 Å². The maximum atomic E-state index is 12.5. The van der Waals surface area contributed by atoms with Gasteiger partial charge in [-0.3, -0.25) is 4.79 Å². The molecule has 0 fully saturated rings. The van der Waals surface area contributed by atoms with Gasteiger partial charge in [-0.05, 0) is 66.1 Å². The molecule has 3 rings (SSSR count). The van der Waals surface area contributed by atoms with Gasteiger partial charge in [-0.25, -0.2) is 0 Å². The van der Waals surface area contributed by atoms with Crippen LogP contribution in [0.4, 0.5) is 24.5 Å². The van der Waals surface area contributed by atoms with E-state index >= 15 is 0 Å². The molecule has 7 heteroatoms. The Morgan fingerprint density at radius 3 is 2.59 bits per heavy atom. The number of nitrogens with one attached hydrogen (secondary N) is 1. The summed E-state index contributed by atoms with van der Waals surface area (Å²) < 4.78 is 37.6. The molecule has 1 aliphatic rings. The van der Waals surface area contributed by atoms with E-state index in [9.17, 15) is 18.0 Å². The van der Waals surface area contributed by atoms with Crippen molar-refractivity contribution in [3.8, 4) is 0 Å². The lowest BCUT2D eigenvalue weighted by molar-refractivity contribution is -0.116. The number of alkyl halides is 3. The van der Waals surface area contributed by atoms with Crippen molar-refractivity contribution in [2.24, 2.45) is 5.92 Å². The van der Waals surface area contributed by atoms with Crippen LogP contribution in [0.15, 0.2) is 66.1 Å². The highest BCUT2D eigenvalue weighted by atomic mass is 32.2. The Morgan fingerprint density at radius 2 is 1.93 bits per heavy atom. The van der Waals surface area contributed by atoms with Gasteiger partial charge in [-0.1, -0.05) is 24.8 Å². The third kappa shape index (κ3) is 5.07. The van der Waals surface area contributed by atoms with Gasteiger partial charge >= 0.3 is 5.51 Å². The summed E-state index contributed by atoms with van der Waals surface area (Å²) in [6, 6.07) is 14.3. The fraction of sp³-hybridized carbons (Fsp3) is 0.250. The summed E-state index contributed by atoms with van der Waals surface area (Å²) in [6.45, 7) is 4.63. The first kappa shape index (κ1) is 19.4. The molecule has 0 aliphatic carbocycles. The molecule has 142 valence electrons. The summed E-state index contributed by atoms with van der Waals surface area (Å²) in [5.41, 5.74) is -1.28. The van der Waals surface area contributed by atoms with Gasteiger partial charge in [0, 0.05) is 29.4 Å². The number of halogens is 3. The topological polar surface area (TPSA) is 32.3 Å². The first-order valence-electron chi connectivity index (χ1n) is 8.47. The number of rotatable bonds is 5. The molecule has 0 saturated heterocycles. The summed E-state index contributed by atoms with van der Waals surface area (Å²) in [5, 5.41) is 2.83. The highest BCUT2D eigenvalue weighted by molar-refractivity contribution is 8.00. The highest BCUT2D eigenvalue weighted by Crippen LogP contribution is 2.39. The van der Waals surface area contributed by atoms with E-state index in [0.29, 0.717) is 13.1 Å². The van der Waals surface area contributed by atoms with E-state index in [1.165, 1.54) is 18.2 Å². The van der Waals surface area contributed by atoms with Gasteiger partial charge in [-0.15, -0.1) is 0 Å². The van der Waals surface area contributed by atoms with Crippen LogP contribution in [0.3, 0.4) is 0 Å². The van der Waals surface area contributed by atoms with E-state index in [0.717, 1.165) is 23.4 Å². The molecule has 0 spiro atoms. The van der Waals surface area contributed by atoms with Crippen molar-refractivity contribution in [3.63, 3.8) is 0 Å². The fourth-order valence-corrected chi connectivity index (χ4v) is 3.74. The molecule has 1 atom stereocenters. The summed E-state index contributed by atoms with van der Waals surface area (Å²) in [5.74, 6) is -0.0260. The molecule has 27 heavy (non-hydrogen) atoms. The quantitative estimate of drug-likeness (QED) is 0.580. The molecule has 2 aromatic carbocycles. The Kier molecular flexibility index (Phi) is 5.79. The van der Waals surface area contributed by atoms with Crippen LogP contribution in [0.25, 0.3) is 0 Å². The number of nitrogens with zero attached hydrogens (tertiary/aromatic N) is 1. The van der Waals surface area contributed by atoms with Crippen molar-refractivity contribution in [3.05, 3.63) is 66.7 Å². The molecule has 0 bridgehead atoms. The molecule has 0 radical (unpaired) electrons. The SMILES string of the molecule is C=CC(=O)NCC1Cc2ccccc2N(c2ccc(SC(F)(F)F)cc2)C1. The standard InChI is InChI=1S/C20H19F3N2OS/c1-2-19(26)24-12-14-11-15-5-3-4-6-18(15)25(13-14)16-7-9-17(10-8-16)27-20(21,22)23/h2-10,14H,1,11-13H2,(H,24,26). The smallest absolute Gasteiger partial charge is 0.352 e. The fourth-order valence-electron chi connectivity index (χ4n) is 3.20. The molecule has 2 aromatic rings. The van der Waals surface area contributed by atoms with E-state index in [1.54, 1.807) is 12.1 Å². The Labute approximate surface area is 160 Å². The number of fused-ring (bicyclic) bond motifs is 1. The van der Waals surface area contributed by atoms with Crippen LogP contribution in [-0.2, 0) is 11.2 Å². The number of thioether (sulfide) groups is 1. The number of carbonyl (C=O) groups is 1. The highest BCUT2D eigenvalue weighted by Gasteiger charge is 2.29. The number of benzene rings is 2. The van der Waals surface area contributed by atoms with Gasteiger partial charge < -0.3 is 10.2 Å². The predicted molar refractivity (Wildman–Crippen MR) is 102 cm³/mol. The minimum atomic E-state index is -4.30. The molecule has 0 saturated carbocycles. The van der Waals surface area contributed by atoms with E-state index in [-0.39, 0.29) is 28.5 Å². The zero-order valence-corrected chi connectivity index (χ0v) is 15.3. The number of hydrogen-bond donors (Lipinski definition) is 1. The number of amides is 1. The zero-order chi connectivity index (χ0) is 19.4. The summed E-state index contributed by atoms with van der Waals surface area (Å²) in [6.07, 6.45) is 2.07. The number of carbonyl (C=O) groups excluding carboxylic acids is 1. The van der Waals surface area contributed by atoms with Crippen LogP contribution in [0.1, 0.15) is 5.56 Å². The monoisotopic (exact) mass is 392 g/mol. The minimum Gasteiger partial charge on any atom is -0.352 e. The van der Waals surface area contributed by atoms with E-state index in [2.05, 4.69) is 16.8 Å². The third-order valence-electron chi connectivity index (χ3n) is 4.36. The molecule has 1 heterocycles. The van der Waals surface area contributed by atoms with Crippen LogP contribution in [0.2, 0.25) is 0 Å². The first-order chi connectivity index (χ1) is 12.9. The van der Waals surface area contributed by atoms with Crippen LogP contribution < -0.4 is 10.2 Å². The third-order valence-corrected chi connectivity index (χ3v) is 5.10. The van der Waals surface area contributed by atoms with Crippen molar-refractivity contribution in [2.45, 2.75) is 16.8 Å². The average molecular weight is 392 g/mol. The molecular formula is C20H19F3N2OS. The van der Waals surface area contributed by atoms with Crippen molar-refractivity contribution in [2.75, 3.05) is 18.0 Å². The molecule has 1 aliphatic heterocycles. The van der Waals surface area contributed by atoms with Gasteiger partial charge in [0.25, 0.3) is 0 Å². The van der Waals surface area contributed by atoms with Gasteiger partial charge in [0.15, 0.2) is 0 Å². The van der Waals surface area contributed by atoms with Crippen molar-refractivity contribution in [1.82, 2.24) is 5.32 Å². The average Bonchev–Trinajstić information content (AvgIpc) is 2.65.